The van der Waals surface area contributed by atoms with Crippen molar-refractivity contribution in [2.75, 3.05) is 19.6 Å². The maximum atomic E-state index is 10.5. The van der Waals surface area contributed by atoms with Gasteiger partial charge in [-0.15, -0.1) is 12.4 Å². The lowest BCUT2D eigenvalue weighted by atomic mass is 9.84. The highest BCUT2D eigenvalue weighted by Crippen LogP contribution is 2.32. The Labute approximate surface area is 133 Å². The molecule has 0 saturated carbocycles. The minimum atomic E-state index is -0.745. The van der Waals surface area contributed by atoms with Crippen LogP contribution in [0.2, 0.25) is 0 Å². The fraction of sp³-hybridized carbons (Fsp3) is 0.562. The van der Waals surface area contributed by atoms with Crippen LogP contribution in [-0.2, 0) is 10.4 Å². The predicted octanol–water partition coefficient (Wildman–Crippen LogP) is 2.89. The SMILES string of the molecule is CCC(=O)O.CCN1CCC(O)(c2ccccc2)CC1.Cl. The average molecular weight is 316 g/mol. The van der Waals surface area contributed by atoms with Crippen LogP contribution in [0.4, 0.5) is 0 Å². The molecule has 21 heavy (non-hydrogen) atoms. The molecule has 120 valence electrons. The van der Waals surface area contributed by atoms with Crippen molar-refractivity contribution in [1.29, 1.82) is 0 Å². The van der Waals surface area contributed by atoms with Crippen LogP contribution >= 0.6 is 12.4 Å². The number of aliphatic hydroxyl groups is 1. The molecule has 2 N–H and O–H groups in total. The average Bonchev–Trinajstić information content (AvgIpc) is 2.49. The quantitative estimate of drug-likeness (QED) is 0.900. The Balaban J connectivity index is 0.000000583. The third-order valence-electron chi connectivity index (χ3n) is 3.74. The fourth-order valence-electron chi connectivity index (χ4n) is 2.28. The van der Waals surface area contributed by atoms with E-state index in [1.54, 1.807) is 6.92 Å². The molecule has 1 aliphatic rings. The second kappa shape index (κ2) is 9.77. The van der Waals surface area contributed by atoms with Crippen molar-refractivity contribution in [1.82, 2.24) is 4.90 Å². The molecule has 0 amide bonds. The first-order valence-electron chi connectivity index (χ1n) is 7.24. The van der Waals surface area contributed by atoms with E-state index in [4.69, 9.17) is 5.11 Å². The minimum Gasteiger partial charge on any atom is -0.481 e. The van der Waals surface area contributed by atoms with Gasteiger partial charge in [0.1, 0.15) is 0 Å². The molecule has 5 heteroatoms. The summed E-state index contributed by atoms with van der Waals surface area (Å²) in [6.07, 6.45) is 1.93. The Hall–Kier alpha value is -1.10. The van der Waals surface area contributed by atoms with Gasteiger partial charge in [-0.25, -0.2) is 0 Å². The Morgan fingerprint density at radius 3 is 2.05 bits per heavy atom. The van der Waals surface area contributed by atoms with Crippen LogP contribution in [0.15, 0.2) is 30.3 Å². The Kier molecular flexibility index (Phi) is 9.26. The summed E-state index contributed by atoms with van der Waals surface area (Å²) in [5.41, 5.74) is 0.480. The van der Waals surface area contributed by atoms with Gasteiger partial charge < -0.3 is 15.1 Å². The topological polar surface area (TPSA) is 60.8 Å². The van der Waals surface area contributed by atoms with Crippen LogP contribution in [0.25, 0.3) is 0 Å². The normalized spacial score (nSPS) is 17.1. The number of nitrogens with zero attached hydrogens (tertiary/aromatic N) is 1. The predicted molar refractivity (Wildman–Crippen MR) is 86.9 cm³/mol. The lowest BCUT2D eigenvalue weighted by Gasteiger charge is -2.38. The monoisotopic (exact) mass is 315 g/mol. The number of piperidine rings is 1. The molecule has 1 heterocycles. The van der Waals surface area contributed by atoms with Gasteiger partial charge in [-0.05, 0) is 24.9 Å². The molecule has 1 fully saturated rings. The van der Waals surface area contributed by atoms with Crippen molar-refractivity contribution in [3.8, 4) is 0 Å². The summed E-state index contributed by atoms with van der Waals surface area (Å²) in [6.45, 7) is 6.86. The molecule has 4 nitrogen and oxygen atoms in total. The highest BCUT2D eigenvalue weighted by atomic mass is 35.5. The second-order valence-electron chi connectivity index (χ2n) is 5.08. The number of benzene rings is 1. The molecule has 0 aliphatic carbocycles. The number of hydrogen-bond donors (Lipinski definition) is 2. The third-order valence-corrected chi connectivity index (χ3v) is 3.74. The molecule has 0 aromatic heterocycles. The van der Waals surface area contributed by atoms with E-state index >= 15 is 0 Å². The zero-order valence-electron chi connectivity index (χ0n) is 12.8. The number of carboxylic acid groups (broad SMARTS) is 1. The molecule has 0 bridgehead atoms. The van der Waals surface area contributed by atoms with Crippen molar-refractivity contribution in [3.05, 3.63) is 35.9 Å². The van der Waals surface area contributed by atoms with Crippen molar-refractivity contribution < 1.29 is 15.0 Å². The number of halogens is 1. The number of hydrogen-bond acceptors (Lipinski definition) is 3. The number of likely N-dealkylation sites (tertiary alicyclic amines) is 1. The van der Waals surface area contributed by atoms with E-state index in [2.05, 4.69) is 11.8 Å². The number of carboxylic acids is 1. The van der Waals surface area contributed by atoms with E-state index in [1.165, 1.54) is 0 Å². The number of carbonyl (C=O) groups is 1. The zero-order chi connectivity index (χ0) is 15.0. The van der Waals surface area contributed by atoms with Crippen molar-refractivity contribution in [2.45, 2.75) is 38.7 Å². The zero-order valence-corrected chi connectivity index (χ0v) is 13.6. The van der Waals surface area contributed by atoms with Gasteiger partial charge >= 0.3 is 5.97 Å². The summed E-state index contributed by atoms with van der Waals surface area (Å²) < 4.78 is 0. The van der Waals surface area contributed by atoms with Crippen LogP contribution in [0.1, 0.15) is 38.7 Å². The summed E-state index contributed by atoms with van der Waals surface area (Å²) in [5.74, 6) is -0.745. The summed E-state index contributed by atoms with van der Waals surface area (Å²) in [6, 6.07) is 10.1. The molecular weight excluding hydrogens is 290 g/mol. The van der Waals surface area contributed by atoms with Crippen LogP contribution in [0.3, 0.4) is 0 Å². The second-order valence-corrected chi connectivity index (χ2v) is 5.08. The maximum Gasteiger partial charge on any atom is 0.303 e. The van der Waals surface area contributed by atoms with E-state index in [1.807, 2.05) is 30.3 Å². The standard InChI is InChI=1S/C13H19NO.C3H6O2.ClH/c1-2-14-10-8-13(15,9-11-14)12-6-4-3-5-7-12;1-2-3(4)5;/h3-7,15H,2,8-11H2,1H3;2H2,1H3,(H,4,5);1H. The first-order valence-corrected chi connectivity index (χ1v) is 7.24. The summed E-state index contributed by atoms with van der Waals surface area (Å²) in [5, 5.41) is 18.3. The van der Waals surface area contributed by atoms with E-state index < -0.39 is 11.6 Å². The van der Waals surface area contributed by atoms with Crippen LogP contribution in [0.5, 0.6) is 0 Å². The van der Waals surface area contributed by atoms with Gasteiger partial charge in [0, 0.05) is 19.5 Å². The molecule has 1 aromatic carbocycles. The Morgan fingerprint density at radius 1 is 1.19 bits per heavy atom. The molecule has 0 atom stereocenters. The highest BCUT2D eigenvalue weighted by Gasteiger charge is 2.33. The van der Waals surface area contributed by atoms with Gasteiger partial charge in [-0.2, -0.15) is 0 Å². The molecule has 0 radical (unpaired) electrons. The molecule has 1 saturated heterocycles. The molecule has 1 aromatic rings. The van der Waals surface area contributed by atoms with E-state index in [9.17, 15) is 9.90 Å². The van der Waals surface area contributed by atoms with Crippen molar-refractivity contribution in [3.63, 3.8) is 0 Å². The number of rotatable bonds is 3. The lowest BCUT2D eigenvalue weighted by Crippen LogP contribution is -2.42. The smallest absolute Gasteiger partial charge is 0.303 e. The molecular formula is C16H26ClNO3. The van der Waals surface area contributed by atoms with Gasteiger partial charge in [0.15, 0.2) is 0 Å². The summed E-state index contributed by atoms with van der Waals surface area (Å²) in [7, 11) is 0. The lowest BCUT2D eigenvalue weighted by molar-refractivity contribution is -0.136. The number of aliphatic carboxylic acids is 1. The molecule has 0 unspecified atom stereocenters. The van der Waals surface area contributed by atoms with E-state index in [-0.39, 0.29) is 18.8 Å². The third kappa shape index (κ3) is 6.46. The first kappa shape index (κ1) is 19.9. The van der Waals surface area contributed by atoms with Gasteiger partial charge in [-0.1, -0.05) is 44.2 Å². The first-order chi connectivity index (χ1) is 9.51. The summed E-state index contributed by atoms with van der Waals surface area (Å²) in [4.78, 5) is 11.8. The van der Waals surface area contributed by atoms with Gasteiger partial charge in [0.05, 0.1) is 5.60 Å². The Bertz CT molecular complexity index is 403. The van der Waals surface area contributed by atoms with Crippen molar-refractivity contribution >= 4 is 18.4 Å². The Morgan fingerprint density at radius 2 is 1.67 bits per heavy atom. The maximum absolute atomic E-state index is 10.5. The van der Waals surface area contributed by atoms with Crippen LogP contribution < -0.4 is 0 Å². The molecule has 1 aliphatic heterocycles. The fourth-order valence-corrected chi connectivity index (χ4v) is 2.28. The largest absolute Gasteiger partial charge is 0.481 e. The molecule has 2 rings (SSSR count). The van der Waals surface area contributed by atoms with Gasteiger partial charge in [0.2, 0.25) is 0 Å². The molecule has 0 spiro atoms. The van der Waals surface area contributed by atoms with E-state index in [0.717, 1.165) is 38.0 Å². The highest BCUT2D eigenvalue weighted by molar-refractivity contribution is 5.85. The minimum absolute atomic E-state index is 0. The van der Waals surface area contributed by atoms with Crippen molar-refractivity contribution in [2.24, 2.45) is 0 Å². The van der Waals surface area contributed by atoms with Gasteiger partial charge in [-0.3, -0.25) is 4.79 Å². The van der Waals surface area contributed by atoms with Crippen LogP contribution in [0, 0.1) is 0 Å². The van der Waals surface area contributed by atoms with Crippen LogP contribution in [-0.4, -0.2) is 40.7 Å². The van der Waals surface area contributed by atoms with E-state index in [0.29, 0.717) is 0 Å². The van der Waals surface area contributed by atoms with Gasteiger partial charge in [0.25, 0.3) is 0 Å². The summed E-state index contributed by atoms with van der Waals surface area (Å²) >= 11 is 0.